The van der Waals surface area contributed by atoms with Crippen LogP contribution < -0.4 is 10.5 Å². The first-order chi connectivity index (χ1) is 12.2. The largest absolute Gasteiger partial charge is 0.495 e. The van der Waals surface area contributed by atoms with Gasteiger partial charge in [-0.05, 0) is 30.2 Å². The molecule has 0 aliphatic carbocycles. The third kappa shape index (κ3) is 4.29. The van der Waals surface area contributed by atoms with E-state index in [0.29, 0.717) is 17.0 Å². The van der Waals surface area contributed by atoms with Crippen LogP contribution in [0.15, 0.2) is 42.5 Å². The van der Waals surface area contributed by atoms with Gasteiger partial charge >= 0.3 is 0 Å². The number of rotatable bonds is 7. The van der Waals surface area contributed by atoms with E-state index in [9.17, 15) is 14.7 Å². The highest BCUT2D eigenvalue weighted by Crippen LogP contribution is 2.30. The molecule has 26 heavy (non-hydrogen) atoms. The van der Waals surface area contributed by atoms with Gasteiger partial charge < -0.3 is 15.6 Å². The average Bonchev–Trinajstić information content (AvgIpc) is 2.61. The lowest BCUT2D eigenvalue weighted by atomic mass is 9.79. The van der Waals surface area contributed by atoms with E-state index in [2.05, 4.69) is 0 Å². The second-order valence-electron chi connectivity index (χ2n) is 7.06. The van der Waals surface area contributed by atoms with Gasteiger partial charge in [-0.3, -0.25) is 9.59 Å². The van der Waals surface area contributed by atoms with E-state index in [0.717, 1.165) is 11.1 Å². The highest BCUT2D eigenvalue weighted by Gasteiger charge is 2.33. The maximum Gasteiger partial charge on any atom is 0.166 e. The Hall–Kier alpha value is -2.66. The summed E-state index contributed by atoms with van der Waals surface area (Å²) >= 11 is 0. The molecule has 0 aromatic heterocycles. The number of hydrogen-bond acceptors (Lipinski definition) is 5. The predicted octanol–water partition coefficient (Wildman–Crippen LogP) is 3.49. The molecular weight excluding hydrogens is 330 g/mol. The highest BCUT2D eigenvalue weighted by atomic mass is 16.5. The number of hydrogen-bond donors (Lipinski definition) is 2. The average molecular weight is 355 g/mol. The SMILES string of the molecule is COc1cc(-c2ccc(C(=O)CC(C)(C)C(=O)C(C)O)cc2)ccc1N. The molecule has 5 nitrogen and oxygen atoms in total. The number of aliphatic hydroxyl groups is 1. The smallest absolute Gasteiger partial charge is 0.166 e. The molecule has 2 aromatic carbocycles. The topological polar surface area (TPSA) is 89.6 Å². The Kier molecular flexibility index (Phi) is 5.83. The van der Waals surface area contributed by atoms with E-state index >= 15 is 0 Å². The molecule has 0 fully saturated rings. The fourth-order valence-corrected chi connectivity index (χ4v) is 2.90. The van der Waals surface area contributed by atoms with Crippen molar-refractivity contribution >= 4 is 17.3 Å². The van der Waals surface area contributed by atoms with E-state index in [1.54, 1.807) is 39.2 Å². The molecule has 0 bridgehead atoms. The van der Waals surface area contributed by atoms with Crippen LogP contribution in [-0.2, 0) is 4.79 Å². The summed E-state index contributed by atoms with van der Waals surface area (Å²) in [5, 5.41) is 9.48. The van der Waals surface area contributed by atoms with Crippen LogP contribution >= 0.6 is 0 Å². The van der Waals surface area contributed by atoms with Crippen LogP contribution in [0.2, 0.25) is 0 Å². The molecule has 0 radical (unpaired) electrons. The van der Waals surface area contributed by atoms with Gasteiger partial charge in [0.1, 0.15) is 11.9 Å². The Balaban J connectivity index is 2.19. The summed E-state index contributed by atoms with van der Waals surface area (Å²) in [7, 11) is 1.56. The van der Waals surface area contributed by atoms with Gasteiger partial charge in [0.2, 0.25) is 0 Å². The molecule has 2 rings (SSSR count). The molecule has 2 aromatic rings. The monoisotopic (exact) mass is 355 g/mol. The van der Waals surface area contributed by atoms with Gasteiger partial charge in [-0.25, -0.2) is 0 Å². The van der Waals surface area contributed by atoms with Gasteiger partial charge in [0, 0.05) is 17.4 Å². The van der Waals surface area contributed by atoms with Crippen molar-refractivity contribution in [3.05, 3.63) is 48.0 Å². The lowest BCUT2D eigenvalue weighted by Crippen LogP contribution is -2.34. The van der Waals surface area contributed by atoms with Gasteiger partial charge in [-0.2, -0.15) is 0 Å². The zero-order valence-corrected chi connectivity index (χ0v) is 15.6. The molecule has 138 valence electrons. The molecule has 0 amide bonds. The van der Waals surface area contributed by atoms with Crippen LogP contribution in [0.3, 0.4) is 0 Å². The zero-order valence-electron chi connectivity index (χ0n) is 15.6. The van der Waals surface area contributed by atoms with Gasteiger partial charge in [-0.1, -0.05) is 44.2 Å². The van der Waals surface area contributed by atoms with Crippen molar-refractivity contribution in [1.82, 2.24) is 0 Å². The number of methoxy groups -OCH3 is 1. The molecule has 0 saturated heterocycles. The number of ketones is 2. The minimum absolute atomic E-state index is 0.0474. The van der Waals surface area contributed by atoms with E-state index in [1.807, 2.05) is 24.3 Å². The molecule has 0 saturated carbocycles. The van der Waals surface area contributed by atoms with Crippen molar-refractivity contribution in [3.63, 3.8) is 0 Å². The van der Waals surface area contributed by atoms with Crippen LogP contribution in [0.4, 0.5) is 5.69 Å². The van der Waals surface area contributed by atoms with Gasteiger partial charge in [-0.15, -0.1) is 0 Å². The molecule has 1 unspecified atom stereocenters. The molecule has 0 aliphatic rings. The minimum Gasteiger partial charge on any atom is -0.495 e. The van der Waals surface area contributed by atoms with Crippen LogP contribution in [0.25, 0.3) is 11.1 Å². The Morgan fingerprint density at radius 2 is 1.69 bits per heavy atom. The summed E-state index contributed by atoms with van der Waals surface area (Å²) in [5.41, 5.74) is 7.88. The summed E-state index contributed by atoms with van der Waals surface area (Å²) < 4.78 is 5.23. The van der Waals surface area contributed by atoms with E-state index in [1.165, 1.54) is 6.92 Å². The van der Waals surface area contributed by atoms with E-state index in [4.69, 9.17) is 10.5 Å². The third-order valence-corrected chi connectivity index (χ3v) is 4.42. The number of aliphatic hydroxyl groups excluding tert-OH is 1. The first-order valence-electron chi connectivity index (χ1n) is 8.45. The van der Waals surface area contributed by atoms with Crippen LogP contribution in [0, 0.1) is 5.41 Å². The van der Waals surface area contributed by atoms with Crippen LogP contribution in [0.5, 0.6) is 5.75 Å². The van der Waals surface area contributed by atoms with E-state index < -0.39 is 11.5 Å². The molecule has 0 aliphatic heterocycles. The highest BCUT2D eigenvalue weighted by molar-refractivity contribution is 6.01. The molecule has 5 heteroatoms. The fraction of sp³-hybridized carbons (Fsp3) is 0.333. The number of nitrogens with two attached hydrogens (primary N) is 1. The van der Waals surface area contributed by atoms with Gasteiger partial charge in [0.05, 0.1) is 12.8 Å². The quantitative estimate of drug-likeness (QED) is 0.586. The van der Waals surface area contributed by atoms with Crippen molar-refractivity contribution in [3.8, 4) is 16.9 Å². The number of benzene rings is 2. The van der Waals surface area contributed by atoms with Crippen molar-refractivity contribution in [1.29, 1.82) is 0 Å². The number of Topliss-reactive ketones (excluding diaryl/α,β-unsaturated/α-hetero) is 2. The maximum atomic E-state index is 12.5. The molecule has 1 atom stereocenters. The summed E-state index contributed by atoms with van der Waals surface area (Å²) in [5.74, 6) is 0.128. The number of carbonyl (C=O) groups is 2. The van der Waals surface area contributed by atoms with Crippen molar-refractivity contribution in [2.75, 3.05) is 12.8 Å². The molecule has 0 spiro atoms. The van der Waals surface area contributed by atoms with Crippen molar-refractivity contribution in [2.45, 2.75) is 33.3 Å². The second-order valence-corrected chi connectivity index (χ2v) is 7.06. The number of nitrogen functional groups attached to an aromatic ring is 1. The van der Waals surface area contributed by atoms with Crippen LogP contribution in [-0.4, -0.2) is 29.9 Å². The summed E-state index contributed by atoms with van der Waals surface area (Å²) in [6.45, 7) is 4.77. The number of anilines is 1. The lowest BCUT2D eigenvalue weighted by Gasteiger charge is -2.23. The molecule has 3 N–H and O–H groups in total. The maximum absolute atomic E-state index is 12.5. The Bertz CT molecular complexity index is 807. The minimum atomic E-state index is -1.08. The van der Waals surface area contributed by atoms with E-state index in [-0.39, 0.29) is 18.0 Å². The zero-order chi connectivity index (χ0) is 19.5. The molecular formula is C21H25NO4. The normalized spacial score (nSPS) is 12.5. The number of carbonyl (C=O) groups excluding carboxylic acids is 2. The Morgan fingerprint density at radius 1 is 1.12 bits per heavy atom. The second kappa shape index (κ2) is 7.70. The summed E-state index contributed by atoms with van der Waals surface area (Å²) in [6.07, 6.45) is -1.04. The first kappa shape index (κ1) is 19.7. The lowest BCUT2D eigenvalue weighted by molar-refractivity contribution is -0.134. The number of ether oxygens (including phenoxy) is 1. The third-order valence-electron chi connectivity index (χ3n) is 4.42. The van der Waals surface area contributed by atoms with Crippen LogP contribution in [0.1, 0.15) is 37.6 Å². The predicted molar refractivity (Wildman–Crippen MR) is 102 cm³/mol. The Morgan fingerprint density at radius 3 is 2.23 bits per heavy atom. The van der Waals surface area contributed by atoms with Crippen molar-refractivity contribution < 1.29 is 19.4 Å². The van der Waals surface area contributed by atoms with Gasteiger partial charge in [0.25, 0.3) is 0 Å². The Labute approximate surface area is 153 Å². The summed E-state index contributed by atoms with van der Waals surface area (Å²) in [6, 6.07) is 12.7. The molecule has 0 heterocycles. The fourth-order valence-electron chi connectivity index (χ4n) is 2.90. The van der Waals surface area contributed by atoms with Crippen molar-refractivity contribution in [2.24, 2.45) is 5.41 Å². The first-order valence-corrected chi connectivity index (χ1v) is 8.45. The standard InChI is InChI=1S/C21H25NO4/c1-13(23)20(25)21(2,3)12-18(24)15-7-5-14(6-8-15)16-9-10-17(22)19(11-16)26-4/h5-11,13,23H,12,22H2,1-4H3. The summed E-state index contributed by atoms with van der Waals surface area (Å²) in [4.78, 5) is 24.5. The van der Waals surface area contributed by atoms with Gasteiger partial charge in [0.15, 0.2) is 11.6 Å².